The Bertz CT molecular complexity index is 2490. The summed E-state index contributed by atoms with van der Waals surface area (Å²) in [6.45, 7) is 9.65. The van der Waals surface area contributed by atoms with Crippen molar-refractivity contribution < 1.29 is 0 Å². The fraction of sp³-hybridized carbons (Fsp3) is 0.0256. The van der Waals surface area contributed by atoms with Crippen LogP contribution in [0.3, 0.4) is 0 Å². The third-order valence-corrected chi connectivity index (χ3v) is 8.36. The van der Waals surface area contributed by atoms with Gasteiger partial charge in [-0.3, -0.25) is 0 Å². The van der Waals surface area contributed by atoms with E-state index in [-0.39, 0.29) is 0 Å². The number of aromatic nitrogens is 2. The topological polar surface area (TPSA) is 38.0 Å². The van der Waals surface area contributed by atoms with Gasteiger partial charge in [-0.05, 0) is 90.2 Å². The molecule has 6 aromatic carbocycles. The van der Waals surface area contributed by atoms with Crippen LogP contribution in [0.1, 0.15) is 11.1 Å². The lowest BCUT2D eigenvalue weighted by atomic mass is 10.0. The van der Waals surface area contributed by atoms with Crippen LogP contribution in [0.15, 0.2) is 127 Å². The average Bonchev–Trinajstić information content (AvgIpc) is 3.56. The van der Waals surface area contributed by atoms with Gasteiger partial charge in [-0.2, -0.15) is 5.26 Å². The van der Waals surface area contributed by atoms with Gasteiger partial charge in [0.1, 0.15) is 0 Å². The smallest absolute Gasteiger partial charge is 0.188 e. The standard InChI is InChI=1S/C39H24N4/c1-25-14-16-38-34(18-25)32-10-3-5-12-36(32)42(38)30-9-7-8-27(21-30)28-19-26(24-40)20-31(22-28)43-37-13-6-4-11-33(37)35-23-29(41-2)15-17-39(35)43/h3-23H,1H3. The van der Waals surface area contributed by atoms with Crippen LogP contribution in [0.4, 0.5) is 5.69 Å². The summed E-state index contributed by atoms with van der Waals surface area (Å²) >= 11 is 0. The van der Waals surface area contributed by atoms with Crippen LogP contribution in [0.5, 0.6) is 0 Å². The van der Waals surface area contributed by atoms with Crippen LogP contribution < -0.4 is 0 Å². The Morgan fingerprint density at radius 3 is 1.91 bits per heavy atom. The van der Waals surface area contributed by atoms with Gasteiger partial charge in [0, 0.05) is 27.5 Å². The third kappa shape index (κ3) is 3.82. The van der Waals surface area contributed by atoms with Crippen molar-refractivity contribution >= 4 is 49.3 Å². The van der Waals surface area contributed by atoms with Crippen molar-refractivity contribution in [2.45, 2.75) is 6.92 Å². The summed E-state index contributed by atoms with van der Waals surface area (Å²) in [4.78, 5) is 3.66. The van der Waals surface area contributed by atoms with Crippen molar-refractivity contribution in [3.05, 3.63) is 150 Å². The fourth-order valence-corrected chi connectivity index (χ4v) is 6.47. The zero-order valence-corrected chi connectivity index (χ0v) is 23.4. The zero-order valence-electron chi connectivity index (χ0n) is 23.4. The number of nitriles is 1. The van der Waals surface area contributed by atoms with Gasteiger partial charge in [0.25, 0.3) is 0 Å². The molecule has 4 nitrogen and oxygen atoms in total. The lowest BCUT2D eigenvalue weighted by Crippen LogP contribution is -1.97. The van der Waals surface area contributed by atoms with E-state index in [2.05, 4.69) is 112 Å². The molecule has 0 bridgehead atoms. The lowest BCUT2D eigenvalue weighted by Gasteiger charge is -2.13. The first-order valence-electron chi connectivity index (χ1n) is 14.2. The first-order valence-corrected chi connectivity index (χ1v) is 14.2. The van der Waals surface area contributed by atoms with Gasteiger partial charge in [-0.1, -0.05) is 66.2 Å². The van der Waals surface area contributed by atoms with E-state index in [1.807, 2.05) is 42.5 Å². The molecule has 200 valence electrons. The monoisotopic (exact) mass is 548 g/mol. The Balaban J connectivity index is 1.35. The van der Waals surface area contributed by atoms with Crippen molar-refractivity contribution in [2.24, 2.45) is 0 Å². The Labute approximate surface area is 248 Å². The SMILES string of the molecule is [C-]#[N+]c1ccc2c(c1)c1ccccc1n2-c1cc(C#N)cc(-c2cccc(-n3c4ccccc4c4cc(C)ccc43)c2)c1. The number of rotatable bonds is 3. The van der Waals surface area contributed by atoms with Crippen molar-refractivity contribution in [1.29, 1.82) is 5.26 Å². The maximum Gasteiger partial charge on any atom is 0.188 e. The van der Waals surface area contributed by atoms with Crippen molar-refractivity contribution in [3.63, 3.8) is 0 Å². The van der Waals surface area contributed by atoms with Crippen LogP contribution in [-0.4, -0.2) is 9.13 Å². The molecule has 0 fully saturated rings. The number of nitrogens with zero attached hydrogens (tertiary/aromatic N) is 4. The van der Waals surface area contributed by atoms with Gasteiger partial charge in [0.15, 0.2) is 5.69 Å². The largest absolute Gasteiger partial charge is 0.309 e. The highest BCUT2D eigenvalue weighted by Gasteiger charge is 2.16. The van der Waals surface area contributed by atoms with Crippen molar-refractivity contribution in [1.82, 2.24) is 9.13 Å². The van der Waals surface area contributed by atoms with Gasteiger partial charge >= 0.3 is 0 Å². The van der Waals surface area contributed by atoms with E-state index >= 15 is 0 Å². The minimum absolute atomic E-state index is 0.592. The van der Waals surface area contributed by atoms with Crippen molar-refractivity contribution in [3.8, 4) is 28.6 Å². The molecule has 8 rings (SSSR count). The molecule has 0 atom stereocenters. The Morgan fingerprint density at radius 1 is 0.558 bits per heavy atom. The molecule has 2 aromatic heterocycles. The molecule has 0 aliphatic rings. The first-order chi connectivity index (χ1) is 21.1. The quantitative estimate of drug-likeness (QED) is 0.202. The predicted molar refractivity (Wildman–Crippen MR) is 176 cm³/mol. The van der Waals surface area contributed by atoms with E-state index in [9.17, 15) is 5.26 Å². The molecule has 0 aliphatic carbocycles. The van der Waals surface area contributed by atoms with E-state index in [1.165, 1.54) is 21.9 Å². The summed E-state index contributed by atoms with van der Waals surface area (Å²) in [5, 5.41) is 14.7. The molecule has 4 heteroatoms. The molecular weight excluding hydrogens is 524 g/mol. The molecular formula is C39H24N4. The van der Waals surface area contributed by atoms with Gasteiger partial charge < -0.3 is 9.13 Å². The van der Waals surface area contributed by atoms with E-state index in [0.717, 1.165) is 49.8 Å². The molecule has 0 amide bonds. The summed E-state index contributed by atoms with van der Waals surface area (Å²) in [6, 6.07) is 46.2. The molecule has 0 aliphatic heterocycles. The molecule has 0 N–H and O–H groups in total. The summed E-state index contributed by atoms with van der Waals surface area (Å²) in [6.07, 6.45) is 0. The summed E-state index contributed by atoms with van der Waals surface area (Å²) in [7, 11) is 0. The third-order valence-electron chi connectivity index (χ3n) is 8.36. The van der Waals surface area contributed by atoms with Crippen LogP contribution in [-0.2, 0) is 0 Å². The second-order valence-corrected chi connectivity index (χ2v) is 11.0. The predicted octanol–water partition coefficient (Wildman–Crippen LogP) is 10.3. The Hall–Kier alpha value is -6.10. The fourth-order valence-electron chi connectivity index (χ4n) is 6.47. The number of hydrogen-bond donors (Lipinski definition) is 0. The van der Waals surface area contributed by atoms with Gasteiger partial charge in [0.05, 0.1) is 40.3 Å². The molecule has 2 heterocycles. The number of hydrogen-bond acceptors (Lipinski definition) is 1. The van der Waals surface area contributed by atoms with E-state index in [1.54, 1.807) is 0 Å². The molecule has 0 radical (unpaired) electrons. The molecule has 43 heavy (non-hydrogen) atoms. The normalized spacial score (nSPS) is 11.3. The second-order valence-electron chi connectivity index (χ2n) is 11.0. The summed E-state index contributed by atoms with van der Waals surface area (Å²) < 4.78 is 4.52. The van der Waals surface area contributed by atoms with E-state index in [0.29, 0.717) is 11.3 Å². The highest BCUT2D eigenvalue weighted by Crippen LogP contribution is 2.37. The minimum atomic E-state index is 0.592. The highest BCUT2D eigenvalue weighted by atomic mass is 15.0. The number of fused-ring (bicyclic) bond motifs is 6. The minimum Gasteiger partial charge on any atom is -0.309 e. The molecule has 8 aromatic rings. The van der Waals surface area contributed by atoms with Gasteiger partial charge in [-0.25, -0.2) is 4.85 Å². The maximum atomic E-state index is 10.1. The molecule has 0 saturated carbocycles. The highest BCUT2D eigenvalue weighted by molar-refractivity contribution is 6.11. The number of benzene rings is 6. The van der Waals surface area contributed by atoms with Crippen LogP contribution in [0, 0.1) is 24.8 Å². The van der Waals surface area contributed by atoms with Crippen LogP contribution in [0.25, 0.3) is 71.0 Å². The molecule has 0 spiro atoms. The molecule has 0 saturated heterocycles. The number of aryl methyl sites for hydroxylation is 1. The average molecular weight is 549 g/mol. The first kappa shape index (κ1) is 24.7. The van der Waals surface area contributed by atoms with Crippen molar-refractivity contribution in [2.75, 3.05) is 0 Å². The zero-order chi connectivity index (χ0) is 29.1. The van der Waals surface area contributed by atoms with Gasteiger partial charge in [-0.15, -0.1) is 0 Å². The Kier molecular flexibility index (Phi) is 5.44. The second kappa shape index (κ2) is 9.48. The summed E-state index contributed by atoms with van der Waals surface area (Å²) in [5.74, 6) is 0. The number of para-hydroxylation sites is 2. The maximum absolute atomic E-state index is 10.1. The summed E-state index contributed by atoms with van der Waals surface area (Å²) in [5.41, 5.74) is 10.8. The Morgan fingerprint density at radius 2 is 1.19 bits per heavy atom. The lowest BCUT2D eigenvalue weighted by molar-refractivity contribution is 1.17. The van der Waals surface area contributed by atoms with Crippen LogP contribution in [0.2, 0.25) is 0 Å². The van der Waals surface area contributed by atoms with E-state index in [4.69, 9.17) is 6.57 Å². The van der Waals surface area contributed by atoms with Crippen LogP contribution >= 0.6 is 0 Å². The molecule has 0 unspecified atom stereocenters. The van der Waals surface area contributed by atoms with Gasteiger partial charge in [0.2, 0.25) is 0 Å². The van der Waals surface area contributed by atoms with E-state index < -0.39 is 0 Å².